The number of hydrogen-bond acceptors (Lipinski definition) is 1. The second kappa shape index (κ2) is 24.1. The van der Waals surface area contributed by atoms with Crippen molar-refractivity contribution >= 4 is 11.8 Å². The Morgan fingerprint density at radius 1 is 0.545 bits per heavy atom. The van der Waals surface area contributed by atoms with E-state index in [2.05, 4.69) is 84.3 Å². The van der Waals surface area contributed by atoms with Crippen molar-refractivity contribution in [3.8, 4) is 0 Å². The van der Waals surface area contributed by atoms with Gasteiger partial charge >= 0.3 is 0 Å². The van der Waals surface area contributed by atoms with Gasteiger partial charge in [-0.25, -0.2) is 0 Å². The SMILES string of the molecule is CCCCCCCCc1cc(C)cc(C=C[N+](C)=Nc2cc(CCCC)c(CCCCCC)c(CCCCCCCC)c2)c1. The van der Waals surface area contributed by atoms with Gasteiger partial charge in [-0.15, -0.1) is 0 Å². The number of rotatable bonds is 25. The second-order valence-corrected chi connectivity index (χ2v) is 13.4. The molecule has 0 saturated heterocycles. The van der Waals surface area contributed by atoms with E-state index in [0.29, 0.717) is 0 Å². The van der Waals surface area contributed by atoms with Crippen LogP contribution in [-0.4, -0.2) is 11.7 Å². The maximum absolute atomic E-state index is 5.10. The van der Waals surface area contributed by atoms with Crippen LogP contribution in [0.5, 0.6) is 0 Å². The minimum absolute atomic E-state index is 1.12. The van der Waals surface area contributed by atoms with Crippen LogP contribution in [0.1, 0.15) is 177 Å². The fourth-order valence-corrected chi connectivity index (χ4v) is 6.45. The first-order chi connectivity index (χ1) is 21.5. The quantitative estimate of drug-likeness (QED) is 0.0611. The standard InChI is InChI=1S/C42H69N2/c1-7-11-15-18-20-22-25-37-31-36(5)32-38(33-37)29-30-44(6)43-41-34-39(26-14-10-4)42(28-24-17-13-9-3)40(35-41)27-23-21-19-16-12-8-2/h29-35H,7-28H2,1-6H3/q+1. The molecule has 0 bridgehead atoms. The molecule has 0 saturated carbocycles. The molecule has 0 N–H and O–H groups in total. The van der Waals surface area contributed by atoms with Crippen molar-refractivity contribution in [1.82, 2.24) is 0 Å². The summed E-state index contributed by atoms with van der Waals surface area (Å²) in [5, 5.41) is 5.10. The molecule has 0 unspecified atom stereocenters. The van der Waals surface area contributed by atoms with Crippen molar-refractivity contribution in [1.29, 1.82) is 0 Å². The summed E-state index contributed by atoms with van der Waals surface area (Å²) < 4.78 is 2.02. The summed E-state index contributed by atoms with van der Waals surface area (Å²) in [4.78, 5) is 0. The van der Waals surface area contributed by atoms with E-state index in [4.69, 9.17) is 5.11 Å². The Hall–Kier alpha value is -2.22. The predicted octanol–water partition coefficient (Wildman–Crippen LogP) is 13.7. The van der Waals surface area contributed by atoms with Gasteiger partial charge in [-0.05, 0) is 103 Å². The van der Waals surface area contributed by atoms with Crippen LogP contribution in [0.4, 0.5) is 5.69 Å². The monoisotopic (exact) mass is 602 g/mol. The van der Waals surface area contributed by atoms with E-state index in [1.54, 1.807) is 16.7 Å². The Morgan fingerprint density at radius 2 is 1.05 bits per heavy atom. The first-order valence-corrected chi connectivity index (χ1v) is 18.9. The highest BCUT2D eigenvalue weighted by Gasteiger charge is 2.13. The van der Waals surface area contributed by atoms with Crippen molar-refractivity contribution in [2.75, 3.05) is 7.05 Å². The number of benzene rings is 2. The molecule has 0 fully saturated rings. The predicted molar refractivity (Wildman–Crippen MR) is 196 cm³/mol. The summed E-state index contributed by atoms with van der Waals surface area (Å²) in [6.45, 7) is 11.4. The van der Waals surface area contributed by atoms with E-state index in [0.717, 1.165) is 5.69 Å². The van der Waals surface area contributed by atoms with Crippen LogP contribution < -0.4 is 0 Å². The van der Waals surface area contributed by atoms with Crippen LogP contribution in [0, 0.1) is 6.92 Å². The molecule has 2 nitrogen and oxygen atoms in total. The molecule has 2 aromatic carbocycles. The van der Waals surface area contributed by atoms with Gasteiger partial charge in [0, 0.05) is 6.08 Å². The molecule has 0 aliphatic carbocycles. The molecular formula is C42H69N2+. The number of aryl methyl sites for hydroxylation is 4. The largest absolute Gasteiger partial charge is 0.196 e. The number of nitrogens with zero attached hydrogens (tertiary/aromatic N) is 2. The van der Waals surface area contributed by atoms with Crippen molar-refractivity contribution in [3.63, 3.8) is 0 Å². The van der Waals surface area contributed by atoms with Crippen molar-refractivity contribution < 1.29 is 4.70 Å². The van der Waals surface area contributed by atoms with Gasteiger partial charge in [0.05, 0.1) is 0 Å². The first kappa shape index (κ1) is 38.0. The summed E-state index contributed by atoms with van der Waals surface area (Å²) >= 11 is 0. The molecule has 44 heavy (non-hydrogen) atoms. The minimum atomic E-state index is 1.12. The maximum atomic E-state index is 5.10. The van der Waals surface area contributed by atoms with Crippen LogP contribution in [0.25, 0.3) is 6.08 Å². The first-order valence-electron chi connectivity index (χ1n) is 18.9. The summed E-state index contributed by atoms with van der Waals surface area (Å²) in [7, 11) is 2.08. The highest BCUT2D eigenvalue weighted by atomic mass is 15.2. The number of hydrogen-bond donors (Lipinski definition) is 0. The van der Waals surface area contributed by atoms with Crippen molar-refractivity contribution in [2.45, 2.75) is 176 Å². The van der Waals surface area contributed by atoms with Crippen LogP contribution in [-0.2, 0) is 25.7 Å². The van der Waals surface area contributed by atoms with E-state index in [9.17, 15) is 0 Å². The zero-order valence-electron chi connectivity index (χ0n) is 30.0. The molecule has 0 heterocycles. The topological polar surface area (TPSA) is 15.4 Å². The molecule has 0 amide bonds. The van der Waals surface area contributed by atoms with E-state index in [1.807, 2.05) is 4.70 Å². The van der Waals surface area contributed by atoms with Gasteiger partial charge < -0.3 is 0 Å². The molecular weight excluding hydrogens is 532 g/mol. The van der Waals surface area contributed by atoms with Crippen LogP contribution in [0.15, 0.2) is 41.6 Å². The lowest BCUT2D eigenvalue weighted by molar-refractivity contribution is -0.491. The van der Waals surface area contributed by atoms with Gasteiger partial charge in [-0.1, -0.05) is 146 Å². The minimum Gasteiger partial charge on any atom is -0.0934 e. The summed E-state index contributed by atoms with van der Waals surface area (Å²) in [5.41, 5.74) is 9.99. The lowest BCUT2D eigenvalue weighted by Crippen LogP contribution is -2.03. The zero-order valence-corrected chi connectivity index (χ0v) is 30.0. The summed E-state index contributed by atoms with van der Waals surface area (Å²) in [5.74, 6) is 0. The third-order valence-electron chi connectivity index (χ3n) is 9.03. The van der Waals surface area contributed by atoms with Crippen molar-refractivity contribution in [3.05, 3.63) is 69.9 Å². The Labute approximate surface area is 273 Å². The average molecular weight is 602 g/mol. The van der Waals surface area contributed by atoms with Gasteiger partial charge in [-0.3, -0.25) is 0 Å². The molecule has 0 radical (unpaired) electrons. The third-order valence-corrected chi connectivity index (χ3v) is 9.03. The van der Waals surface area contributed by atoms with E-state index in [-0.39, 0.29) is 0 Å². The Bertz CT molecular complexity index is 1090. The van der Waals surface area contributed by atoms with E-state index >= 15 is 0 Å². The molecule has 246 valence electrons. The molecule has 0 aliphatic heterocycles. The third kappa shape index (κ3) is 16.2. The average Bonchev–Trinajstić information content (AvgIpc) is 3.01. The smallest absolute Gasteiger partial charge is 0.0934 e. The zero-order chi connectivity index (χ0) is 31.8. The second-order valence-electron chi connectivity index (χ2n) is 13.4. The fraction of sp³-hybridized carbons (Fsp3) is 0.667. The summed E-state index contributed by atoms with van der Waals surface area (Å²) in [6.07, 6.45) is 33.2. The maximum Gasteiger partial charge on any atom is 0.196 e. The highest BCUT2D eigenvalue weighted by molar-refractivity contribution is 5.51. The van der Waals surface area contributed by atoms with E-state index < -0.39 is 0 Å². The Balaban J connectivity index is 2.21. The van der Waals surface area contributed by atoms with Gasteiger partial charge in [0.15, 0.2) is 13.2 Å². The molecule has 2 aromatic rings. The lowest BCUT2D eigenvalue weighted by Gasteiger charge is -2.16. The summed E-state index contributed by atoms with van der Waals surface area (Å²) in [6, 6.07) is 11.9. The molecule has 2 rings (SSSR count). The number of azo groups is 2. The number of unbranched alkanes of at least 4 members (excludes halogenated alkanes) is 14. The van der Waals surface area contributed by atoms with Crippen molar-refractivity contribution in [2.24, 2.45) is 5.11 Å². The van der Waals surface area contributed by atoms with Gasteiger partial charge in [0.25, 0.3) is 0 Å². The highest BCUT2D eigenvalue weighted by Crippen LogP contribution is 2.29. The molecule has 2 heteroatoms. The van der Waals surface area contributed by atoms with Gasteiger partial charge in [0.1, 0.15) is 5.69 Å². The van der Waals surface area contributed by atoms with Crippen LogP contribution in [0.2, 0.25) is 0 Å². The molecule has 0 atom stereocenters. The van der Waals surface area contributed by atoms with Crippen LogP contribution >= 0.6 is 0 Å². The van der Waals surface area contributed by atoms with E-state index in [1.165, 1.54) is 158 Å². The lowest BCUT2D eigenvalue weighted by atomic mass is 9.89. The van der Waals surface area contributed by atoms with Gasteiger partial charge in [-0.2, -0.15) is 0 Å². The van der Waals surface area contributed by atoms with Gasteiger partial charge in [0.2, 0.25) is 0 Å². The van der Waals surface area contributed by atoms with Crippen LogP contribution in [0.3, 0.4) is 0 Å². The molecule has 0 spiro atoms. The molecule has 0 aliphatic rings. The molecule has 0 aromatic heterocycles. The Morgan fingerprint density at radius 3 is 1.66 bits per heavy atom. The Kier molecular flexibility index (Phi) is 20.8. The normalized spacial score (nSPS) is 12.1. The fourth-order valence-electron chi connectivity index (χ4n) is 6.45.